The molecule has 0 spiro atoms. The maximum absolute atomic E-state index is 12.6. The molecule has 12 heteroatoms. The number of benzene rings is 2. The van der Waals surface area contributed by atoms with Gasteiger partial charge in [-0.15, -0.1) is 0 Å². The fourth-order valence-corrected chi connectivity index (χ4v) is 3.72. The Labute approximate surface area is 198 Å². The second-order valence-electron chi connectivity index (χ2n) is 7.76. The number of β-lactam (4-membered cyclic amide) rings is 1. The Kier molecular flexibility index (Phi) is 6.44. The summed E-state index contributed by atoms with van der Waals surface area (Å²) in [6.45, 7) is 0.163. The molecule has 0 radical (unpaired) electrons. The molecule has 2 unspecified atom stereocenters. The number of aliphatic carboxylic acids is 1. The molecule has 0 bridgehead atoms. The number of carboxylic acids is 1. The fourth-order valence-electron chi connectivity index (χ4n) is 3.72. The van der Waals surface area contributed by atoms with Gasteiger partial charge < -0.3 is 25.7 Å². The number of amides is 4. The van der Waals surface area contributed by atoms with Crippen molar-refractivity contribution in [2.75, 3.05) is 13.2 Å². The van der Waals surface area contributed by atoms with Gasteiger partial charge in [-0.3, -0.25) is 24.1 Å². The normalized spacial score (nSPS) is 17.8. The first-order valence-corrected chi connectivity index (χ1v) is 10.6. The molecule has 4 rings (SSSR count). The Morgan fingerprint density at radius 2 is 1.71 bits per heavy atom. The lowest BCUT2D eigenvalue weighted by molar-refractivity contribution is -0.142. The summed E-state index contributed by atoms with van der Waals surface area (Å²) in [7, 11) is 0. The summed E-state index contributed by atoms with van der Waals surface area (Å²) in [5, 5.41) is 26.8. The number of oxime groups is 1. The van der Waals surface area contributed by atoms with Crippen molar-refractivity contribution >= 4 is 35.3 Å². The van der Waals surface area contributed by atoms with Crippen LogP contribution in [0.5, 0.6) is 5.75 Å². The van der Waals surface area contributed by atoms with Crippen molar-refractivity contribution in [1.29, 1.82) is 0 Å². The molecule has 2 atom stereocenters. The first-order chi connectivity index (χ1) is 16.8. The van der Waals surface area contributed by atoms with Crippen LogP contribution in [0.4, 0.5) is 0 Å². The van der Waals surface area contributed by atoms with E-state index in [1.807, 2.05) is 0 Å². The Bertz CT molecular complexity index is 1210. The van der Waals surface area contributed by atoms with Crippen molar-refractivity contribution in [1.82, 2.24) is 15.5 Å². The van der Waals surface area contributed by atoms with Crippen LogP contribution in [-0.2, 0) is 14.4 Å². The quantitative estimate of drug-likeness (QED) is 0.127. The molecule has 1 saturated heterocycles. The van der Waals surface area contributed by atoms with Crippen LogP contribution in [-0.4, -0.2) is 75.8 Å². The lowest BCUT2D eigenvalue weighted by Gasteiger charge is -2.26. The molecule has 0 aliphatic carbocycles. The van der Waals surface area contributed by atoms with Gasteiger partial charge in [-0.1, -0.05) is 17.3 Å². The first kappa shape index (κ1) is 23.4. The molecule has 1 fully saturated rings. The average molecular weight is 480 g/mol. The van der Waals surface area contributed by atoms with Crippen LogP contribution < -0.4 is 15.4 Å². The molecule has 180 valence electrons. The smallest absolute Gasteiger partial charge is 0.327 e. The highest BCUT2D eigenvalue weighted by atomic mass is 16.5. The molecule has 2 aliphatic heterocycles. The fraction of sp³-hybridized carbons (Fsp3) is 0.217. The number of imide groups is 1. The van der Waals surface area contributed by atoms with Crippen LogP contribution in [0, 0.1) is 0 Å². The summed E-state index contributed by atoms with van der Waals surface area (Å²) in [4.78, 5) is 61.3. The minimum absolute atomic E-state index is 0.123. The second-order valence-corrected chi connectivity index (χ2v) is 7.76. The molecule has 12 nitrogen and oxygen atoms in total. The highest BCUT2D eigenvalue weighted by Crippen LogP contribution is 2.26. The van der Waals surface area contributed by atoms with Crippen molar-refractivity contribution < 1.29 is 39.0 Å². The van der Waals surface area contributed by atoms with Crippen LogP contribution >= 0.6 is 0 Å². The van der Waals surface area contributed by atoms with E-state index in [4.69, 9.17) is 4.74 Å². The number of rotatable bonds is 9. The Balaban J connectivity index is 1.36. The van der Waals surface area contributed by atoms with E-state index in [1.165, 1.54) is 36.4 Å². The molecular weight excluding hydrogens is 460 g/mol. The third kappa shape index (κ3) is 4.53. The molecule has 2 aliphatic rings. The number of fused-ring (bicyclic) bond motifs is 1. The lowest BCUT2D eigenvalue weighted by Crippen LogP contribution is -2.62. The summed E-state index contributed by atoms with van der Waals surface area (Å²) in [5.74, 6) is -3.43. The number of nitrogens with one attached hydrogen (secondary N) is 2. The molecular formula is C23H20N4O8. The molecule has 35 heavy (non-hydrogen) atoms. The average Bonchev–Trinajstić information content (AvgIpc) is 3.10. The van der Waals surface area contributed by atoms with Gasteiger partial charge in [0.25, 0.3) is 17.7 Å². The topological polar surface area (TPSA) is 175 Å². The zero-order valence-electron chi connectivity index (χ0n) is 18.1. The maximum Gasteiger partial charge on any atom is 0.327 e. The van der Waals surface area contributed by atoms with Crippen molar-refractivity contribution in [3.05, 3.63) is 65.2 Å². The number of nitrogens with zero attached hydrogens (tertiary/aromatic N) is 2. The molecule has 4 amide bonds. The Hall–Kier alpha value is -4.74. The van der Waals surface area contributed by atoms with Gasteiger partial charge >= 0.3 is 5.97 Å². The summed E-state index contributed by atoms with van der Waals surface area (Å²) in [5.41, 5.74) is 0.270. The van der Waals surface area contributed by atoms with Crippen LogP contribution in [0.3, 0.4) is 0 Å². The summed E-state index contributed by atoms with van der Waals surface area (Å²) < 4.78 is 5.56. The lowest BCUT2D eigenvalue weighted by atomic mass is 10.1. The third-order valence-corrected chi connectivity index (χ3v) is 5.63. The predicted molar refractivity (Wildman–Crippen MR) is 118 cm³/mol. The monoisotopic (exact) mass is 480 g/mol. The van der Waals surface area contributed by atoms with Gasteiger partial charge in [0, 0.05) is 18.5 Å². The summed E-state index contributed by atoms with van der Waals surface area (Å²) in [6.07, 6.45) is -0.155. The van der Waals surface area contributed by atoms with Gasteiger partial charge in [-0.25, -0.2) is 4.79 Å². The Morgan fingerprint density at radius 3 is 2.20 bits per heavy atom. The van der Waals surface area contributed by atoms with Gasteiger partial charge in [-0.05, 0) is 36.4 Å². The van der Waals surface area contributed by atoms with E-state index >= 15 is 0 Å². The minimum Gasteiger partial charge on any atom is -0.494 e. The number of carbonyl (C=O) groups excluding carboxylic acids is 4. The highest BCUT2D eigenvalue weighted by Gasteiger charge is 2.42. The number of hydrogen-bond donors (Lipinski definition) is 4. The van der Waals surface area contributed by atoms with Crippen LogP contribution in [0.25, 0.3) is 0 Å². The van der Waals surface area contributed by atoms with E-state index in [9.17, 15) is 34.3 Å². The summed E-state index contributed by atoms with van der Waals surface area (Å²) >= 11 is 0. The predicted octanol–water partition coefficient (Wildman–Crippen LogP) is -0.00220. The van der Waals surface area contributed by atoms with Crippen molar-refractivity contribution in [3.63, 3.8) is 0 Å². The van der Waals surface area contributed by atoms with Crippen LogP contribution in [0.1, 0.15) is 32.7 Å². The third-order valence-electron chi connectivity index (χ3n) is 5.63. The zero-order valence-corrected chi connectivity index (χ0v) is 18.1. The molecule has 0 aromatic heterocycles. The molecule has 2 aromatic rings. The first-order valence-electron chi connectivity index (χ1n) is 10.6. The van der Waals surface area contributed by atoms with Gasteiger partial charge in [0.05, 0.1) is 17.7 Å². The number of carbonyl (C=O) groups is 5. The van der Waals surface area contributed by atoms with Crippen molar-refractivity contribution in [2.45, 2.75) is 18.5 Å². The SMILES string of the molecule is O=C(NC1CNC1=O)C(=NO)c1ccc(OCCC(C(=O)O)N2C(=O)c3ccccc3C2=O)cc1. The van der Waals surface area contributed by atoms with Crippen LogP contribution in [0.15, 0.2) is 53.7 Å². The van der Waals surface area contributed by atoms with Gasteiger partial charge in [-0.2, -0.15) is 0 Å². The molecule has 2 heterocycles. The molecule has 2 aromatic carbocycles. The van der Waals surface area contributed by atoms with E-state index in [2.05, 4.69) is 15.8 Å². The highest BCUT2D eigenvalue weighted by molar-refractivity contribution is 6.45. The summed E-state index contributed by atoms with van der Waals surface area (Å²) in [6, 6.07) is 9.87. The van der Waals surface area contributed by atoms with E-state index in [-0.39, 0.29) is 47.9 Å². The number of carboxylic acid groups (broad SMARTS) is 1. The Morgan fingerprint density at radius 1 is 1.09 bits per heavy atom. The van der Waals surface area contributed by atoms with E-state index in [1.54, 1.807) is 12.1 Å². The number of ether oxygens (including phenoxy) is 1. The second kappa shape index (κ2) is 9.63. The van der Waals surface area contributed by atoms with Gasteiger partial charge in [0.1, 0.15) is 17.8 Å². The number of hydrogen-bond acceptors (Lipinski definition) is 8. The zero-order chi connectivity index (χ0) is 25.1. The minimum atomic E-state index is -1.41. The van der Waals surface area contributed by atoms with E-state index in [0.29, 0.717) is 5.75 Å². The largest absolute Gasteiger partial charge is 0.494 e. The van der Waals surface area contributed by atoms with E-state index < -0.39 is 35.8 Å². The van der Waals surface area contributed by atoms with Crippen LogP contribution in [0.2, 0.25) is 0 Å². The van der Waals surface area contributed by atoms with Crippen molar-refractivity contribution in [2.24, 2.45) is 5.16 Å². The van der Waals surface area contributed by atoms with Crippen molar-refractivity contribution in [3.8, 4) is 5.75 Å². The molecule has 0 saturated carbocycles. The van der Waals surface area contributed by atoms with E-state index in [0.717, 1.165) is 4.90 Å². The molecule has 4 N–H and O–H groups in total. The maximum atomic E-state index is 12.6. The van der Waals surface area contributed by atoms with Gasteiger partial charge in [0.2, 0.25) is 5.91 Å². The van der Waals surface area contributed by atoms with Gasteiger partial charge in [0.15, 0.2) is 5.71 Å². The standard InChI is InChI=1S/C23H20N4O8/c28-19-16(11-24-19)25-20(29)18(26-34)12-5-7-13(8-6-12)35-10-9-17(23(32)33)27-21(30)14-3-1-2-4-15(14)22(27)31/h1-8,16-17,34H,9-11H2,(H,24,28)(H,25,29)(H,32,33).